The first-order chi connectivity index (χ1) is 15.4. The van der Waals surface area contributed by atoms with Crippen molar-refractivity contribution in [2.75, 3.05) is 13.2 Å². The summed E-state index contributed by atoms with van der Waals surface area (Å²) in [6.07, 6.45) is 4.30. The van der Waals surface area contributed by atoms with Gasteiger partial charge in [-0.1, -0.05) is 37.4 Å². The third-order valence-corrected chi connectivity index (χ3v) is 10.5. The van der Waals surface area contributed by atoms with Crippen LogP contribution in [-0.2, 0) is 31.9 Å². The van der Waals surface area contributed by atoms with Crippen LogP contribution in [0, 0.1) is 0 Å². The third kappa shape index (κ3) is 7.27. The maximum absolute atomic E-state index is 11.3. The second-order valence-corrected chi connectivity index (χ2v) is 13.2. The quantitative estimate of drug-likeness (QED) is 0.270. The lowest BCUT2D eigenvalue weighted by Crippen LogP contribution is -2.04. The molecule has 32 heavy (non-hydrogen) atoms. The van der Waals surface area contributed by atoms with E-state index in [1.807, 2.05) is 23.5 Å². The molecule has 0 spiro atoms. The first kappa shape index (κ1) is 25.1. The van der Waals surface area contributed by atoms with Crippen molar-refractivity contribution in [3.8, 4) is 0 Å². The zero-order chi connectivity index (χ0) is 23.1. The number of hydrogen-bond acceptors (Lipinski definition) is 8. The average Bonchev–Trinajstić information content (AvgIpc) is 3.32. The first-order valence-electron chi connectivity index (χ1n) is 10.1. The van der Waals surface area contributed by atoms with Crippen LogP contribution < -0.4 is 0 Å². The van der Waals surface area contributed by atoms with E-state index in [1.54, 1.807) is 23.5 Å². The predicted octanol–water partition coefficient (Wildman–Crippen LogP) is 6.31. The summed E-state index contributed by atoms with van der Waals surface area (Å²) in [6, 6.07) is 8.83. The molecule has 0 fully saturated rings. The molecular weight excluding hydrogens is 481 g/mol. The largest absolute Gasteiger partial charge is 0.457 e. The van der Waals surface area contributed by atoms with Crippen molar-refractivity contribution in [3.63, 3.8) is 0 Å². The molecule has 0 amide bonds. The van der Waals surface area contributed by atoms with E-state index in [-0.39, 0.29) is 11.9 Å². The van der Waals surface area contributed by atoms with Gasteiger partial charge in [-0.05, 0) is 47.6 Å². The number of hydrogen-bond donors (Lipinski definition) is 0. The van der Waals surface area contributed by atoms with Gasteiger partial charge in [-0.2, -0.15) is 0 Å². The van der Waals surface area contributed by atoms with Crippen molar-refractivity contribution in [1.29, 1.82) is 0 Å². The van der Waals surface area contributed by atoms with Crippen LogP contribution in [0.25, 0.3) is 0 Å². The number of benzene rings is 1. The molecule has 2 heterocycles. The minimum atomic E-state index is -0.385. The SMILES string of the molecule is C=CC(=O)OCC1=C(C)SC(Cc2ccc(CC3SC(C)=C(COC(=O)C=C)S3)cc2)S1. The van der Waals surface area contributed by atoms with Gasteiger partial charge in [0.15, 0.2) is 0 Å². The Morgan fingerprint density at radius 1 is 0.781 bits per heavy atom. The van der Waals surface area contributed by atoms with Crippen molar-refractivity contribution < 1.29 is 19.1 Å². The van der Waals surface area contributed by atoms with Gasteiger partial charge in [-0.15, -0.1) is 47.0 Å². The highest BCUT2D eigenvalue weighted by atomic mass is 32.2. The number of thioether (sulfide) groups is 4. The number of ether oxygens (including phenoxy) is 2. The monoisotopic (exact) mass is 506 g/mol. The van der Waals surface area contributed by atoms with Gasteiger partial charge < -0.3 is 9.47 Å². The Labute approximate surface area is 206 Å². The van der Waals surface area contributed by atoms with E-state index in [2.05, 4.69) is 51.3 Å². The zero-order valence-corrected chi connectivity index (χ0v) is 21.4. The van der Waals surface area contributed by atoms with Gasteiger partial charge in [0, 0.05) is 22.0 Å². The molecule has 8 heteroatoms. The lowest BCUT2D eigenvalue weighted by atomic mass is 10.1. The van der Waals surface area contributed by atoms with Gasteiger partial charge in [0.2, 0.25) is 0 Å². The Morgan fingerprint density at radius 3 is 1.50 bits per heavy atom. The Balaban J connectivity index is 1.45. The van der Waals surface area contributed by atoms with Gasteiger partial charge in [-0.25, -0.2) is 9.59 Å². The summed E-state index contributed by atoms with van der Waals surface area (Å²) in [5.74, 6) is -0.771. The van der Waals surface area contributed by atoms with Crippen LogP contribution in [0.5, 0.6) is 0 Å². The number of allylic oxidation sites excluding steroid dienone is 2. The Kier molecular flexibility index (Phi) is 9.52. The molecule has 0 saturated heterocycles. The molecule has 170 valence electrons. The number of esters is 2. The second-order valence-electron chi connectivity index (χ2n) is 7.14. The van der Waals surface area contributed by atoms with Gasteiger partial charge in [0.05, 0.1) is 9.16 Å². The summed E-state index contributed by atoms with van der Waals surface area (Å²) in [7, 11) is 0. The lowest BCUT2D eigenvalue weighted by Gasteiger charge is -2.12. The molecule has 2 aliphatic heterocycles. The zero-order valence-electron chi connectivity index (χ0n) is 18.1. The minimum absolute atomic E-state index is 0.322. The lowest BCUT2D eigenvalue weighted by molar-refractivity contribution is -0.137. The molecule has 0 bridgehead atoms. The van der Waals surface area contributed by atoms with Crippen molar-refractivity contribution in [1.82, 2.24) is 0 Å². The topological polar surface area (TPSA) is 52.6 Å². The van der Waals surface area contributed by atoms with Crippen LogP contribution in [-0.4, -0.2) is 34.3 Å². The van der Waals surface area contributed by atoms with E-state index >= 15 is 0 Å². The fraction of sp³-hybridized carbons (Fsp3) is 0.333. The highest BCUT2D eigenvalue weighted by Gasteiger charge is 2.26. The summed E-state index contributed by atoms with van der Waals surface area (Å²) < 4.78 is 11.2. The predicted molar refractivity (Wildman–Crippen MR) is 140 cm³/mol. The molecule has 1 aromatic carbocycles. The molecule has 0 radical (unpaired) electrons. The Hall–Kier alpha value is -1.48. The van der Waals surface area contributed by atoms with Crippen LogP contribution >= 0.6 is 47.0 Å². The molecule has 2 aliphatic rings. The Bertz CT molecular complexity index is 872. The van der Waals surface area contributed by atoms with Crippen LogP contribution in [0.1, 0.15) is 25.0 Å². The van der Waals surface area contributed by atoms with E-state index in [9.17, 15) is 9.59 Å². The summed E-state index contributed by atoms with van der Waals surface area (Å²) in [5.41, 5.74) is 2.60. The number of carbonyl (C=O) groups excluding carboxylic acids is 2. The summed E-state index contributed by atoms with van der Waals surface area (Å²) in [6.45, 7) is 11.7. The van der Waals surface area contributed by atoms with Crippen LogP contribution in [0.15, 0.2) is 69.2 Å². The van der Waals surface area contributed by atoms with E-state index in [1.165, 1.54) is 33.1 Å². The normalized spacial score (nSPS) is 20.4. The minimum Gasteiger partial charge on any atom is -0.457 e. The van der Waals surface area contributed by atoms with Gasteiger partial charge in [0.25, 0.3) is 0 Å². The summed E-state index contributed by atoms with van der Waals surface area (Å²) in [4.78, 5) is 27.3. The molecule has 0 aliphatic carbocycles. The molecular formula is C24H26O4S4. The second kappa shape index (κ2) is 12.1. The maximum Gasteiger partial charge on any atom is 0.330 e. The summed E-state index contributed by atoms with van der Waals surface area (Å²) in [5, 5.41) is 0. The van der Waals surface area contributed by atoms with Gasteiger partial charge in [-0.3, -0.25) is 0 Å². The van der Waals surface area contributed by atoms with Gasteiger partial charge in [0.1, 0.15) is 13.2 Å². The molecule has 2 unspecified atom stereocenters. The molecule has 1 aromatic rings. The van der Waals surface area contributed by atoms with Crippen molar-refractivity contribution >= 4 is 59.0 Å². The number of rotatable bonds is 10. The molecule has 0 saturated carbocycles. The molecule has 4 nitrogen and oxygen atoms in total. The van der Waals surface area contributed by atoms with Crippen molar-refractivity contribution in [2.45, 2.75) is 35.9 Å². The van der Waals surface area contributed by atoms with Crippen LogP contribution in [0.4, 0.5) is 0 Å². The fourth-order valence-electron chi connectivity index (χ4n) is 3.08. The van der Waals surface area contributed by atoms with Crippen molar-refractivity contribution in [3.05, 3.63) is 80.3 Å². The standard InChI is InChI=1S/C24H26O4S4/c1-5-21(25)27-13-19-15(3)29-23(31-19)11-17-7-9-18(10-8-17)12-24-30-16(4)20(32-24)14-28-22(26)6-2/h5-10,23-24H,1-2,11-14H2,3-4H3. The first-order valence-corrected chi connectivity index (χ1v) is 13.6. The molecule has 0 N–H and O–H groups in total. The fourth-order valence-corrected chi connectivity index (χ4v) is 9.10. The van der Waals surface area contributed by atoms with Crippen LogP contribution in [0.3, 0.4) is 0 Å². The molecule has 2 atom stereocenters. The van der Waals surface area contributed by atoms with E-state index in [0.29, 0.717) is 22.4 Å². The third-order valence-electron chi connectivity index (χ3n) is 4.80. The van der Waals surface area contributed by atoms with Crippen LogP contribution in [0.2, 0.25) is 0 Å². The molecule has 0 aromatic heterocycles. The smallest absolute Gasteiger partial charge is 0.330 e. The highest BCUT2D eigenvalue weighted by Crippen LogP contribution is 2.48. The van der Waals surface area contributed by atoms with Crippen molar-refractivity contribution in [2.24, 2.45) is 0 Å². The average molecular weight is 507 g/mol. The van der Waals surface area contributed by atoms with E-state index < -0.39 is 0 Å². The van der Waals surface area contributed by atoms with Gasteiger partial charge >= 0.3 is 11.9 Å². The summed E-state index contributed by atoms with van der Waals surface area (Å²) >= 11 is 7.24. The highest BCUT2D eigenvalue weighted by molar-refractivity contribution is 8.23. The Morgan fingerprint density at radius 2 is 1.16 bits per heavy atom. The molecule has 3 rings (SSSR count). The van der Waals surface area contributed by atoms with E-state index in [4.69, 9.17) is 9.47 Å². The number of carbonyl (C=O) groups is 2. The van der Waals surface area contributed by atoms with E-state index in [0.717, 1.165) is 22.7 Å². The maximum atomic E-state index is 11.3.